The minimum Gasteiger partial charge on any atom is -0.493 e. The summed E-state index contributed by atoms with van der Waals surface area (Å²) in [6.07, 6.45) is 0. The Morgan fingerprint density at radius 2 is 1.72 bits per heavy atom. The number of para-hydroxylation sites is 1. The van der Waals surface area contributed by atoms with Crippen molar-refractivity contribution in [3.05, 3.63) is 82.2 Å². The average molecular weight is 384 g/mol. The molecular weight excluding hydrogens is 364 g/mol. The molecule has 6 rings (SSSR count). The molecule has 1 aromatic heterocycles. The molecule has 4 heteroatoms. The van der Waals surface area contributed by atoms with Crippen LogP contribution in [-0.2, 0) is 0 Å². The number of fused-ring (bicyclic) bond motifs is 9. The molecule has 0 fully saturated rings. The van der Waals surface area contributed by atoms with Gasteiger partial charge in [0.25, 0.3) is 0 Å². The van der Waals surface area contributed by atoms with Gasteiger partial charge in [0, 0.05) is 22.8 Å². The van der Waals surface area contributed by atoms with Crippen LogP contribution in [0.4, 0.5) is 0 Å². The molecule has 0 saturated heterocycles. The second-order valence-corrected chi connectivity index (χ2v) is 8.43. The van der Waals surface area contributed by atoms with Crippen molar-refractivity contribution >= 4 is 21.7 Å². The van der Waals surface area contributed by atoms with Crippen molar-refractivity contribution in [1.29, 1.82) is 0 Å². The van der Waals surface area contributed by atoms with Gasteiger partial charge in [0.05, 0.1) is 17.6 Å². The topological polar surface area (TPSA) is 48.7 Å². The highest BCUT2D eigenvalue weighted by Crippen LogP contribution is 2.53. The molecule has 0 aliphatic carbocycles. The second-order valence-electron chi connectivity index (χ2n) is 8.43. The Balaban J connectivity index is 1.73. The van der Waals surface area contributed by atoms with E-state index in [9.17, 15) is 4.79 Å². The van der Waals surface area contributed by atoms with Crippen LogP contribution in [-0.4, -0.2) is 12.2 Å². The van der Waals surface area contributed by atoms with E-state index in [1.807, 2.05) is 54.6 Å². The first-order valence-electron chi connectivity index (χ1n) is 9.94. The highest BCUT2D eigenvalue weighted by atomic mass is 16.5. The lowest BCUT2D eigenvalue weighted by Gasteiger charge is -2.46. The normalized spacial score (nSPS) is 21.6. The van der Waals surface area contributed by atoms with E-state index < -0.39 is 5.60 Å². The smallest absolute Gasteiger partial charge is 0.343 e. The summed E-state index contributed by atoms with van der Waals surface area (Å²) in [6, 6.07) is 19.9. The number of benzene rings is 3. The molecule has 144 valence electrons. The van der Waals surface area contributed by atoms with Gasteiger partial charge in [0.15, 0.2) is 0 Å². The molecule has 2 atom stereocenters. The van der Waals surface area contributed by atoms with Gasteiger partial charge < -0.3 is 13.9 Å². The van der Waals surface area contributed by atoms with Crippen LogP contribution >= 0.6 is 0 Å². The van der Waals surface area contributed by atoms with Crippen LogP contribution < -0.4 is 15.1 Å². The number of hydrogen-bond acceptors (Lipinski definition) is 4. The Kier molecular flexibility index (Phi) is 3.24. The number of ether oxygens (including phenoxy) is 2. The Bertz CT molecular complexity index is 1350. The minimum absolute atomic E-state index is 0.0192. The highest BCUT2D eigenvalue weighted by Gasteiger charge is 2.50. The van der Waals surface area contributed by atoms with Crippen molar-refractivity contribution < 1.29 is 13.9 Å². The first-order chi connectivity index (χ1) is 14.0. The first-order valence-corrected chi connectivity index (χ1v) is 9.94. The third kappa shape index (κ3) is 2.23. The van der Waals surface area contributed by atoms with E-state index in [2.05, 4.69) is 19.9 Å². The Hall–Kier alpha value is -3.27. The van der Waals surface area contributed by atoms with Crippen LogP contribution in [0.1, 0.15) is 30.9 Å². The van der Waals surface area contributed by atoms with Gasteiger partial charge in [-0.2, -0.15) is 0 Å². The Morgan fingerprint density at radius 3 is 2.62 bits per heavy atom. The molecule has 2 aliphatic rings. The summed E-state index contributed by atoms with van der Waals surface area (Å²) < 4.78 is 18.5. The van der Waals surface area contributed by atoms with Crippen LogP contribution in [0.5, 0.6) is 11.5 Å². The molecule has 0 N–H and O–H groups in total. The van der Waals surface area contributed by atoms with Gasteiger partial charge in [-0.1, -0.05) is 48.5 Å². The molecule has 2 aliphatic heterocycles. The predicted molar refractivity (Wildman–Crippen MR) is 112 cm³/mol. The number of hydrogen-bond donors (Lipinski definition) is 0. The van der Waals surface area contributed by atoms with E-state index in [0.717, 1.165) is 27.5 Å². The fraction of sp³-hybridized carbons (Fsp3) is 0.240. The van der Waals surface area contributed by atoms with Crippen molar-refractivity contribution in [2.24, 2.45) is 5.92 Å². The molecule has 0 bridgehead atoms. The number of rotatable bonds is 0. The molecule has 0 radical (unpaired) electrons. The van der Waals surface area contributed by atoms with E-state index in [1.165, 1.54) is 0 Å². The van der Waals surface area contributed by atoms with Crippen molar-refractivity contribution in [2.75, 3.05) is 6.61 Å². The minimum atomic E-state index is -0.489. The van der Waals surface area contributed by atoms with Crippen molar-refractivity contribution in [2.45, 2.75) is 25.4 Å². The van der Waals surface area contributed by atoms with E-state index in [1.54, 1.807) is 0 Å². The summed E-state index contributed by atoms with van der Waals surface area (Å²) in [4.78, 5) is 13.3. The van der Waals surface area contributed by atoms with Crippen molar-refractivity contribution in [1.82, 2.24) is 0 Å². The highest BCUT2D eigenvalue weighted by molar-refractivity contribution is 6.06. The molecule has 3 aromatic carbocycles. The summed E-state index contributed by atoms with van der Waals surface area (Å²) in [5.41, 5.74) is 1.39. The van der Waals surface area contributed by atoms with E-state index in [0.29, 0.717) is 23.5 Å². The summed E-state index contributed by atoms with van der Waals surface area (Å²) in [6.45, 7) is 4.65. The monoisotopic (exact) mass is 384 g/mol. The van der Waals surface area contributed by atoms with Crippen LogP contribution in [0.2, 0.25) is 0 Å². The van der Waals surface area contributed by atoms with Gasteiger partial charge in [-0.15, -0.1) is 0 Å². The van der Waals surface area contributed by atoms with E-state index >= 15 is 0 Å². The lowest BCUT2D eigenvalue weighted by molar-refractivity contribution is -0.0136. The first kappa shape index (κ1) is 16.7. The summed E-state index contributed by atoms with van der Waals surface area (Å²) in [7, 11) is 0. The zero-order valence-electron chi connectivity index (χ0n) is 16.3. The van der Waals surface area contributed by atoms with Crippen LogP contribution in [0.15, 0.2) is 69.9 Å². The van der Waals surface area contributed by atoms with Gasteiger partial charge in [-0.05, 0) is 31.4 Å². The summed E-state index contributed by atoms with van der Waals surface area (Å²) in [5.74, 6) is 1.37. The maximum atomic E-state index is 13.3. The molecule has 0 amide bonds. The zero-order valence-corrected chi connectivity index (χ0v) is 16.3. The second kappa shape index (κ2) is 5.63. The molecule has 29 heavy (non-hydrogen) atoms. The maximum absolute atomic E-state index is 13.3. The van der Waals surface area contributed by atoms with Crippen LogP contribution in [0.3, 0.4) is 0 Å². The molecular formula is C25H20O4. The van der Waals surface area contributed by atoms with Crippen LogP contribution in [0.25, 0.3) is 21.7 Å². The molecule has 4 aromatic rings. The summed E-state index contributed by atoms with van der Waals surface area (Å²) in [5, 5.41) is 2.79. The molecule has 3 heterocycles. The summed E-state index contributed by atoms with van der Waals surface area (Å²) >= 11 is 0. The SMILES string of the molecule is CC1(C)Oc2c(c(=O)oc3c2ccc2ccccc23)[C@@H]2c3ccccc3OC[C@@H]21. The third-order valence-electron chi connectivity index (χ3n) is 6.43. The largest absolute Gasteiger partial charge is 0.493 e. The lowest BCUT2D eigenvalue weighted by Crippen LogP contribution is -2.50. The third-order valence-corrected chi connectivity index (χ3v) is 6.43. The van der Waals surface area contributed by atoms with Gasteiger partial charge in [0.2, 0.25) is 0 Å². The molecule has 4 nitrogen and oxygen atoms in total. The molecule has 0 unspecified atom stereocenters. The fourth-order valence-corrected chi connectivity index (χ4v) is 4.95. The van der Waals surface area contributed by atoms with Gasteiger partial charge in [-0.25, -0.2) is 4.79 Å². The van der Waals surface area contributed by atoms with Gasteiger partial charge in [-0.3, -0.25) is 0 Å². The zero-order chi connectivity index (χ0) is 19.8. The van der Waals surface area contributed by atoms with Gasteiger partial charge in [0.1, 0.15) is 22.7 Å². The van der Waals surface area contributed by atoms with Crippen molar-refractivity contribution in [3.8, 4) is 11.5 Å². The quantitative estimate of drug-likeness (QED) is 0.307. The van der Waals surface area contributed by atoms with Crippen molar-refractivity contribution in [3.63, 3.8) is 0 Å². The average Bonchev–Trinajstić information content (AvgIpc) is 2.73. The van der Waals surface area contributed by atoms with Gasteiger partial charge >= 0.3 is 5.63 Å². The molecule has 0 saturated carbocycles. The predicted octanol–water partition coefficient (Wildman–Crippen LogP) is 5.26. The Labute approximate surface area is 167 Å². The lowest BCUT2D eigenvalue weighted by atomic mass is 9.70. The molecule has 0 spiro atoms. The van der Waals surface area contributed by atoms with E-state index in [-0.39, 0.29) is 17.5 Å². The standard InChI is InChI=1S/C25H20O4/c1-25(2)18-13-27-19-10-6-5-9-16(19)20(18)21-23(29-25)17-12-11-14-7-3-4-8-15(14)22(17)28-24(21)26/h3-12,18,20H,13H2,1-2H3/t18-,20+/m0/s1. The maximum Gasteiger partial charge on any atom is 0.343 e. The fourth-order valence-electron chi connectivity index (χ4n) is 4.95. The van der Waals surface area contributed by atoms with Crippen LogP contribution in [0, 0.1) is 5.92 Å². The Morgan fingerprint density at radius 1 is 0.931 bits per heavy atom. The van der Waals surface area contributed by atoms with E-state index in [4.69, 9.17) is 13.9 Å².